The highest BCUT2D eigenvalue weighted by molar-refractivity contribution is 5.81. The second kappa shape index (κ2) is 14.2. The van der Waals surface area contributed by atoms with E-state index in [1.165, 1.54) is 5.56 Å². The molecule has 0 saturated carbocycles. The normalized spacial score (nSPS) is 11.6. The van der Waals surface area contributed by atoms with Crippen molar-refractivity contribution in [3.05, 3.63) is 65.2 Å². The predicted molar refractivity (Wildman–Crippen MR) is 131 cm³/mol. The number of nitrogens with zero attached hydrogens (tertiary/aromatic N) is 1. The third kappa shape index (κ3) is 9.04. The largest absolute Gasteiger partial charge is 0.494 e. The minimum absolute atomic E-state index is 0.584. The minimum atomic E-state index is 0.584. The first kappa shape index (κ1) is 25.3. The standard InChI is InChI=1S/C27H37NO4/c1-6-7-15-31-26-18-21(2)27(22(3)19-26)32-17-9-8-16-30-25-12-10-11-24(20-25)14-13-23(4)28-29-5/h6-7,10-12,18-20H,8-9,13-17H2,1-5H3/b7-6+,28-23+. The summed E-state index contributed by atoms with van der Waals surface area (Å²) in [6.45, 7) is 10.0. The average Bonchev–Trinajstić information content (AvgIpc) is 2.77. The van der Waals surface area contributed by atoms with Crippen LogP contribution in [0.3, 0.4) is 0 Å². The van der Waals surface area contributed by atoms with Crippen molar-refractivity contribution in [3.8, 4) is 17.2 Å². The van der Waals surface area contributed by atoms with Gasteiger partial charge in [-0.15, -0.1) is 0 Å². The van der Waals surface area contributed by atoms with E-state index in [1.807, 2.05) is 50.3 Å². The molecule has 5 heteroatoms. The van der Waals surface area contributed by atoms with Gasteiger partial charge in [-0.1, -0.05) is 29.4 Å². The second-order valence-corrected chi connectivity index (χ2v) is 7.83. The van der Waals surface area contributed by atoms with E-state index in [9.17, 15) is 0 Å². The zero-order valence-electron chi connectivity index (χ0n) is 20.1. The van der Waals surface area contributed by atoms with E-state index in [4.69, 9.17) is 19.0 Å². The van der Waals surface area contributed by atoms with Crippen molar-refractivity contribution in [1.29, 1.82) is 0 Å². The van der Waals surface area contributed by atoms with E-state index in [0.29, 0.717) is 19.8 Å². The topological polar surface area (TPSA) is 49.3 Å². The summed E-state index contributed by atoms with van der Waals surface area (Å²) in [4.78, 5) is 4.81. The maximum Gasteiger partial charge on any atom is 0.125 e. The molecule has 2 aromatic rings. The quantitative estimate of drug-likeness (QED) is 0.147. The van der Waals surface area contributed by atoms with Gasteiger partial charge in [-0.05, 0) is 94.3 Å². The van der Waals surface area contributed by atoms with Crippen LogP contribution in [0.5, 0.6) is 17.2 Å². The number of hydrogen-bond donors (Lipinski definition) is 0. The number of rotatable bonds is 14. The molecule has 5 nitrogen and oxygen atoms in total. The van der Waals surface area contributed by atoms with Crippen LogP contribution in [0, 0.1) is 13.8 Å². The Morgan fingerprint density at radius 2 is 1.66 bits per heavy atom. The molecule has 0 aliphatic rings. The van der Waals surface area contributed by atoms with Gasteiger partial charge in [0.1, 0.15) is 31.0 Å². The Balaban J connectivity index is 1.71. The summed E-state index contributed by atoms with van der Waals surface area (Å²) in [6.07, 6.45) is 7.64. The molecule has 0 atom stereocenters. The van der Waals surface area contributed by atoms with Crippen LogP contribution in [-0.4, -0.2) is 32.6 Å². The predicted octanol–water partition coefficient (Wildman–Crippen LogP) is 6.45. The van der Waals surface area contributed by atoms with E-state index >= 15 is 0 Å². The van der Waals surface area contributed by atoms with Gasteiger partial charge in [-0.3, -0.25) is 0 Å². The molecule has 0 unspecified atom stereocenters. The van der Waals surface area contributed by atoms with Gasteiger partial charge in [0.2, 0.25) is 0 Å². The summed E-state index contributed by atoms with van der Waals surface area (Å²) in [5, 5.41) is 3.96. The fourth-order valence-corrected chi connectivity index (χ4v) is 3.35. The highest BCUT2D eigenvalue weighted by Gasteiger charge is 2.07. The zero-order chi connectivity index (χ0) is 23.2. The number of hydrogen-bond acceptors (Lipinski definition) is 5. The Kier molecular flexibility index (Phi) is 11.2. The van der Waals surface area contributed by atoms with Crippen molar-refractivity contribution in [3.63, 3.8) is 0 Å². The molecule has 0 aliphatic carbocycles. The lowest BCUT2D eigenvalue weighted by Gasteiger charge is -2.14. The van der Waals surface area contributed by atoms with Crippen LogP contribution in [0.4, 0.5) is 0 Å². The van der Waals surface area contributed by atoms with E-state index in [-0.39, 0.29) is 0 Å². The molecule has 0 fully saturated rings. The third-order valence-corrected chi connectivity index (χ3v) is 4.99. The lowest BCUT2D eigenvalue weighted by atomic mass is 10.1. The van der Waals surface area contributed by atoms with Gasteiger partial charge in [-0.2, -0.15) is 0 Å². The highest BCUT2D eigenvalue weighted by atomic mass is 16.6. The molecule has 0 spiro atoms. The summed E-state index contributed by atoms with van der Waals surface area (Å²) in [7, 11) is 1.57. The van der Waals surface area contributed by atoms with Crippen molar-refractivity contribution in [1.82, 2.24) is 0 Å². The molecule has 0 heterocycles. The summed E-state index contributed by atoms with van der Waals surface area (Å²) < 4.78 is 17.7. The van der Waals surface area contributed by atoms with Crippen molar-refractivity contribution in [2.45, 2.75) is 53.4 Å². The summed E-state index contributed by atoms with van der Waals surface area (Å²) in [5.74, 6) is 2.73. The van der Waals surface area contributed by atoms with Crippen LogP contribution in [-0.2, 0) is 11.3 Å². The van der Waals surface area contributed by atoms with Crippen LogP contribution in [0.25, 0.3) is 0 Å². The lowest BCUT2D eigenvalue weighted by Crippen LogP contribution is -2.05. The fourth-order valence-electron chi connectivity index (χ4n) is 3.35. The van der Waals surface area contributed by atoms with Crippen molar-refractivity contribution in [2.75, 3.05) is 26.9 Å². The Hall–Kier alpha value is -2.95. The van der Waals surface area contributed by atoms with Crippen molar-refractivity contribution >= 4 is 5.71 Å². The molecule has 32 heavy (non-hydrogen) atoms. The number of unbranched alkanes of at least 4 members (excludes halogenated alkanes) is 1. The zero-order valence-corrected chi connectivity index (χ0v) is 20.1. The number of oxime groups is 1. The summed E-state index contributed by atoms with van der Waals surface area (Å²) in [6, 6.07) is 12.3. The maximum absolute atomic E-state index is 6.05. The summed E-state index contributed by atoms with van der Waals surface area (Å²) in [5.41, 5.74) is 4.42. The molecule has 174 valence electrons. The monoisotopic (exact) mass is 439 g/mol. The number of ether oxygens (including phenoxy) is 3. The smallest absolute Gasteiger partial charge is 0.125 e. The highest BCUT2D eigenvalue weighted by Crippen LogP contribution is 2.28. The maximum atomic E-state index is 6.05. The van der Waals surface area contributed by atoms with Gasteiger partial charge in [0, 0.05) is 0 Å². The van der Waals surface area contributed by atoms with Crippen LogP contribution >= 0.6 is 0 Å². The van der Waals surface area contributed by atoms with E-state index in [1.54, 1.807) is 7.11 Å². The molecule has 2 rings (SSSR count). The molecular formula is C27H37NO4. The molecule has 0 amide bonds. The number of benzene rings is 2. The van der Waals surface area contributed by atoms with Crippen LogP contribution in [0.15, 0.2) is 53.7 Å². The number of allylic oxidation sites excluding steroid dienone is 1. The SMILES string of the molecule is C/C=C/COc1cc(C)c(OCCCCOc2cccc(CC/C(C)=N/OC)c2)c(C)c1. The summed E-state index contributed by atoms with van der Waals surface area (Å²) >= 11 is 0. The van der Waals surface area contributed by atoms with E-state index in [2.05, 4.69) is 31.1 Å². The van der Waals surface area contributed by atoms with Crippen molar-refractivity contribution < 1.29 is 19.0 Å². The lowest BCUT2D eigenvalue weighted by molar-refractivity contribution is 0.212. The molecule has 0 aliphatic heterocycles. The van der Waals surface area contributed by atoms with Gasteiger partial charge in [0.15, 0.2) is 0 Å². The Morgan fingerprint density at radius 1 is 0.938 bits per heavy atom. The average molecular weight is 440 g/mol. The molecule has 0 aromatic heterocycles. The van der Waals surface area contributed by atoms with Gasteiger partial charge in [0.05, 0.1) is 18.9 Å². The first-order valence-corrected chi connectivity index (χ1v) is 11.3. The molecule has 0 saturated heterocycles. The van der Waals surface area contributed by atoms with Gasteiger partial charge in [-0.25, -0.2) is 0 Å². The van der Waals surface area contributed by atoms with Crippen LogP contribution in [0.2, 0.25) is 0 Å². The van der Waals surface area contributed by atoms with E-state index < -0.39 is 0 Å². The first-order valence-electron chi connectivity index (χ1n) is 11.3. The molecule has 2 aromatic carbocycles. The van der Waals surface area contributed by atoms with Gasteiger partial charge in [0.25, 0.3) is 0 Å². The Labute approximate surface area is 193 Å². The van der Waals surface area contributed by atoms with E-state index in [0.717, 1.165) is 59.8 Å². The minimum Gasteiger partial charge on any atom is -0.494 e. The fraction of sp³-hybridized carbons (Fsp3) is 0.444. The first-order chi connectivity index (χ1) is 15.5. The molecule has 0 N–H and O–H groups in total. The van der Waals surface area contributed by atoms with Gasteiger partial charge < -0.3 is 19.0 Å². The van der Waals surface area contributed by atoms with Crippen molar-refractivity contribution in [2.24, 2.45) is 5.16 Å². The van der Waals surface area contributed by atoms with Crippen LogP contribution < -0.4 is 14.2 Å². The second-order valence-electron chi connectivity index (χ2n) is 7.83. The Bertz CT molecular complexity index is 866. The molecular weight excluding hydrogens is 402 g/mol. The molecule has 0 radical (unpaired) electrons. The number of aryl methyl sites for hydroxylation is 3. The Morgan fingerprint density at radius 3 is 2.34 bits per heavy atom. The van der Waals surface area contributed by atoms with Gasteiger partial charge >= 0.3 is 0 Å². The molecule has 0 bridgehead atoms. The van der Waals surface area contributed by atoms with Crippen LogP contribution in [0.1, 0.15) is 49.8 Å². The third-order valence-electron chi connectivity index (χ3n) is 4.99.